The van der Waals surface area contributed by atoms with Gasteiger partial charge in [0.25, 0.3) is 5.91 Å². The number of sulfone groups is 1. The maximum atomic E-state index is 11.8. The second-order valence-corrected chi connectivity index (χ2v) is 8.96. The normalized spacial score (nSPS) is 16.7. The summed E-state index contributed by atoms with van der Waals surface area (Å²) in [5.74, 6) is -0.180. The average Bonchev–Trinajstić information content (AvgIpc) is 2.67. The Bertz CT molecular complexity index is 1060. The van der Waals surface area contributed by atoms with Gasteiger partial charge in [-0.2, -0.15) is 0 Å². The van der Waals surface area contributed by atoms with Crippen LogP contribution in [0.3, 0.4) is 0 Å². The van der Waals surface area contributed by atoms with Gasteiger partial charge in [-0.3, -0.25) is 4.79 Å². The van der Waals surface area contributed by atoms with Gasteiger partial charge in [0, 0.05) is 31.1 Å². The Morgan fingerprint density at radius 2 is 1.97 bits per heavy atom. The molecule has 0 aliphatic carbocycles. The summed E-state index contributed by atoms with van der Waals surface area (Å²) in [7, 11) is -3.33. The molecule has 3 rings (SSSR count). The smallest absolute Gasteiger partial charge is 0.404 e. The number of piperidine rings is 1. The highest BCUT2D eigenvalue weighted by atomic mass is 32.2. The van der Waals surface area contributed by atoms with E-state index < -0.39 is 21.8 Å². The van der Waals surface area contributed by atoms with Crippen LogP contribution in [0.5, 0.6) is 0 Å². The van der Waals surface area contributed by atoms with Crippen LogP contribution in [-0.2, 0) is 9.84 Å². The standard InChI is InChI=1S/C18H22N6O5S/c1-30(28,29)13-6-4-11(5-7-13)21-17-15(16(19)25)20-9-14(23-17)24-8-2-3-12(10-24)22-18(26)27/h4-7,9,12,22H,2-3,8,10H2,1H3,(H2,19,25)(H,21,23)(H,26,27)/t12-/m1/s1. The Hall–Kier alpha value is -3.41. The fourth-order valence-electron chi connectivity index (χ4n) is 3.20. The topological polar surface area (TPSA) is 168 Å². The molecule has 0 saturated carbocycles. The van der Waals surface area contributed by atoms with Crippen molar-refractivity contribution in [2.75, 3.05) is 29.6 Å². The van der Waals surface area contributed by atoms with Crippen molar-refractivity contribution in [2.45, 2.75) is 23.8 Å². The zero-order chi connectivity index (χ0) is 21.9. The number of nitrogens with one attached hydrogen (secondary N) is 2. The Morgan fingerprint density at radius 3 is 2.57 bits per heavy atom. The van der Waals surface area contributed by atoms with E-state index in [1.807, 2.05) is 4.90 Å². The van der Waals surface area contributed by atoms with Gasteiger partial charge in [-0.15, -0.1) is 0 Å². The highest BCUT2D eigenvalue weighted by molar-refractivity contribution is 7.90. The molecule has 1 aliphatic heterocycles. The number of primary amides is 1. The minimum Gasteiger partial charge on any atom is -0.465 e. The summed E-state index contributed by atoms with van der Waals surface area (Å²) in [4.78, 5) is 33.3. The Kier molecular flexibility index (Phi) is 6.06. The molecule has 0 unspecified atom stereocenters. The van der Waals surface area contributed by atoms with Gasteiger partial charge >= 0.3 is 6.09 Å². The Balaban J connectivity index is 1.86. The van der Waals surface area contributed by atoms with Crippen molar-refractivity contribution >= 4 is 39.2 Å². The minimum absolute atomic E-state index is 0.0665. The van der Waals surface area contributed by atoms with E-state index in [2.05, 4.69) is 20.6 Å². The van der Waals surface area contributed by atoms with Crippen molar-refractivity contribution in [1.82, 2.24) is 15.3 Å². The van der Waals surface area contributed by atoms with Gasteiger partial charge in [-0.25, -0.2) is 23.2 Å². The van der Waals surface area contributed by atoms with Crippen LogP contribution in [0.25, 0.3) is 0 Å². The lowest BCUT2D eigenvalue weighted by Crippen LogP contribution is -2.47. The van der Waals surface area contributed by atoms with E-state index in [1.165, 1.54) is 18.3 Å². The maximum absolute atomic E-state index is 11.8. The molecule has 0 bridgehead atoms. The number of carbonyl (C=O) groups excluding carboxylic acids is 1. The molecule has 1 saturated heterocycles. The number of anilines is 3. The van der Waals surface area contributed by atoms with Crippen LogP contribution in [0.4, 0.5) is 22.1 Å². The van der Waals surface area contributed by atoms with Gasteiger partial charge in [0.15, 0.2) is 21.3 Å². The summed E-state index contributed by atoms with van der Waals surface area (Å²) >= 11 is 0. The molecular weight excluding hydrogens is 412 g/mol. The third-order valence-electron chi connectivity index (χ3n) is 4.61. The number of rotatable bonds is 6. The van der Waals surface area contributed by atoms with E-state index in [4.69, 9.17) is 10.8 Å². The zero-order valence-electron chi connectivity index (χ0n) is 16.2. The monoisotopic (exact) mass is 434 g/mol. The number of amides is 2. The van der Waals surface area contributed by atoms with Crippen molar-refractivity contribution in [2.24, 2.45) is 5.73 Å². The summed E-state index contributed by atoms with van der Waals surface area (Å²) in [6.07, 6.45) is 2.92. The molecule has 5 N–H and O–H groups in total. The molecule has 1 aliphatic rings. The SMILES string of the molecule is CS(=O)(=O)c1ccc(Nc2nc(N3CCC[C@@H](NC(=O)O)C3)cnc2C(N)=O)cc1. The van der Waals surface area contributed by atoms with Crippen LogP contribution in [0.1, 0.15) is 23.3 Å². The quantitative estimate of drug-likeness (QED) is 0.517. The van der Waals surface area contributed by atoms with Crippen LogP contribution in [0.15, 0.2) is 35.4 Å². The maximum Gasteiger partial charge on any atom is 0.404 e. The van der Waals surface area contributed by atoms with Crippen LogP contribution in [0, 0.1) is 0 Å². The largest absolute Gasteiger partial charge is 0.465 e. The fourth-order valence-corrected chi connectivity index (χ4v) is 3.83. The number of carboxylic acid groups (broad SMARTS) is 1. The summed E-state index contributed by atoms with van der Waals surface area (Å²) < 4.78 is 23.2. The molecule has 1 fully saturated rings. The first-order chi connectivity index (χ1) is 14.1. The summed E-state index contributed by atoms with van der Waals surface area (Å²) in [6.45, 7) is 1.07. The predicted molar refractivity (Wildman–Crippen MR) is 110 cm³/mol. The number of nitrogens with zero attached hydrogens (tertiary/aromatic N) is 3. The number of nitrogens with two attached hydrogens (primary N) is 1. The summed E-state index contributed by atoms with van der Waals surface area (Å²) in [6, 6.07) is 5.72. The molecule has 11 nitrogen and oxygen atoms in total. The van der Waals surface area contributed by atoms with Crippen molar-refractivity contribution in [1.29, 1.82) is 0 Å². The first-order valence-corrected chi connectivity index (χ1v) is 11.0. The Labute approximate surface area is 173 Å². The number of hydrogen-bond donors (Lipinski definition) is 4. The highest BCUT2D eigenvalue weighted by Crippen LogP contribution is 2.24. The van der Waals surface area contributed by atoms with E-state index in [0.717, 1.165) is 12.7 Å². The molecule has 2 aromatic rings. The average molecular weight is 434 g/mol. The minimum atomic E-state index is -3.33. The highest BCUT2D eigenvalue weighted by Gasteiger charge is 2.24. The van der Waals surface area contributed by atoms with E-state index in [9.17, 15) is 18.0 Å². The number of hydrogen-bond acceptors (Lipinski definition) is 8. The first kappa shape index (κ1) is 21.3. The summed E-state index contributed by atoms with van der Waals surface area (Å²) in [5, 5.41) is 14.4. The molecule has 2 heterocycles. The molecule has 1 atom stereocenters. The van der Waals surface area contributed by atoms with E-state index in [0.29, 0.717) is 31.0 Å². The molecule has 1 aromatic heterocycles. The number of benzene rings is 1. The fraction of sp³-hybridized carbons (Fsp3) is 0.333. The number of carbonyl (C=O) groups is 2. The molecule has 30 heavy (non-hydrogen) atoms. The third kappa shape index (κ3) is 5.14. The molecule has 1 aromatic carbocycles. The van der Waals surface area contributed by atoms with E-state index in [-0.39, 0.29) is 22.4 Å². The predicted octanol–water partition coefficient (Wildman–Crippen LogP) is 0.959. The summed E-state index contributed by atoms with van der Waals surface area (Å²) in [5.41, 5.74) is 5.84. The Morgan fingerprint density at radius 1 is 1.27 bits per heavy atom. The van der Waals surface area contributed by atoms with Crippen LogP contribution in [0.2, 0.25) is 0 Å². The number of aromatic nitrogens is 2. The van der Waals surface area contributed by atoms with Gasteiger partial charge in [-0.05, 0) is 37.1 Å². The van der Waals surface area contributed by atoms with E-state index >= 15 is 0 Å². The van der Waals surface area contributed by atoms with Gasteiger partial charge in [0.2, 0.25) is 0 Å². The molecule has 0 radical (unpaired) electrons. The van der Waals surface area contributed by atoms with Gasteiger partial charge in [0.1, 0.15) is 5.82 Å². The second kappa shape index (κ2) is 8.53. The molecular formula is C18H22N6O5S. The molecule has 0 spiro atoms. The van der Waals surface area contributed by atoms with Crippen molar-refractivity contribution in [3.8, 4) is 0 Å². The lowest BCUT2D eigenvalue weighted by Gasteiger charge is -2.33. The van der Waals surface area contributed by atoms with E-state index in [1.54, 1.807) is 12.1 Å². The molecule has 2 amide bonds. The first-order valence-electron chi connectivity index (χ1n) is 9.12. The van der Waals surface area contributed by atoms with Crippen molar-refractivity contribution in [3.63, 3.8) is 0 Å². The molecule has 160 valence electrons. The zero-order valence-corrected chi connectivity index (χ0v) is 17.0. The van der Waals surface area contributed by atoms with Crippen LogP contribution in [-0.4, -0.2) is 60.9 Å². The third-order valence-corrected chi connectivity index (χ3v) is 5.74. The van der Waals surface area contributed by atoms with Crippen molar-refractivity contribution < 1.29 is 23.1 Å². The molecule has 12 heteroatoms. The lowest BCUT2D eigenvalue weighted by molar-refractivity contribution is 0.0996. The second-order valence-electron chi connectivity index (χ2n) is 6.95. The van der Waals surface area contributed by atoms with Crippen LogP contribution >= 0.6 is 0 Å². The van der Waals surface area contributed by atoms with Gasteiger partial charge < -0.3 is 26.4 Å². The lowest BCUT2D eigenvalue weighted by atomic mass is 10.1. The van der Waals surface area contributed by atoms with Crippen molar-refractivity contribution in [3.05, 3.63) is 36.2 Å². The van der Waals surface area contributed by atoms with Gasteiger partial charge in [0.05, 0.1) is 11.1 Å². The van der Waals surface area contributed by atoms with Gasteiger partial charge in [-0.1, -0.05) is 0 Å². The van der Waals surface area contributed by atoms with Crippen LogP contribution < -0.4 is 21.3 Å².